The molecule has 0 radical (unpaired) electrons. The van der Waals surface area contributed by atoms with E-state index in [1.54, 1.807) is 11.3 Å². The van der Waals surface area contributed by atoms with Crippen molar-refractivity contribution in [2.24, 2.45) is 0 Å². The number of halogens is 3. The molecule has 2 aromatic rings. The van der Waals surface area contributed by atoms with Gasteiger partial charge in [-0.05, 0) is 41.4 Å². The van der Waals surface area contributed by atoms with E-state index < -0.39 is 11.7 Å². The van der Waals surface area contributed by atoms with Crippen LogP contribution in [0.2, 0.25) is 0 Å². The molecule has 0 bridgehead atoms. The molecular weight excluding hydrogens is 313 g/mol. The molecule has 0 aliphatic carbocycles. The molecule has 0 spiro atoms. The molecule has 22 heavy (non-hydrogen) atoms. The average Bonchev–Trinajstić information content (AvgIpc) is 3.00. The Morgan fingerprint density at radius 1 is 1.27 bits per heavy atom. The number of pyridine rings is 1. The van der Waals surface area contributed by atoms with E-state index in [0.717, 1.165) is 17.8 Å². The molecule has 3 nitrogen and oxygen atoms in total. The van der Waals surface area contributed by atoms with Gasteiger partial charge in [0.2, 0.25) is 0 Å². The normalized spacial score (nSPS) is 22.8. The van der Waals surface area contributed by atoms with Gasteiger partial charge in [0.15, 0.2) is 0 Å². The molecule has 2 aromatic heterocycles. The van der Waals surface area contributed by atoms with Crippen molar-refractivity contribution in [3.8, 4) is 0 Å². The second-order valence-corrected chi connectivity index (χ2v) is 6.08. The van der Waals surface area contributed by atoms with Crippen LogP contribution in [0.3, 0.4) is 0 Å². The molecule has 0 aromatic carbocycles. The van der Waals surface area contributed by atoms with Crippen molar-refractivity contribution in [1.29, 1.82) is 0 Å². The van der Waals surface area contributed by atoms with Gasteiger partial charge in [0, 0.05) is 19.3 Å². The zero-order valence-corrected chi connectivity index (χ0v) is 12.7. The van der Waals surface area contributed by atoms with Crippen LogP contribution >= 0.6 is 11.3 Å². The molecule has 3 heterocycles. The predicted octanol–water partition coefficient (Wildman–Crippen LogP) is 4.13. The molecule has 1 aliphatic rings. The van der Waals surface area contributed by atoms with E-state index in [1.165, 1.54) is 6.07 Å². The van der Waals surface area contributed by atoms with Crippen molar-refractivity contribution in [2.45, 2.75) is 25.3 Å². The highest BCUT2D eigenvalue weighted by Crippen LogP contribution is 2.32. The first-order valence-corrected chi connectivity index (χ1v) is 7.83. The Morgan fingerprint density at radius 2 is 2.09 bits per heavy atom. The highest BCUT2D eigenvalue weighted by Gasteiger charge is 2.32. The number of rotatable bonds is 2. The second kappa shape index (κ2) is 5.89. The fourth-order valence-electron chi connectivity index (χ4n) is 2.52. The van der Waals surface area contributed by atoms with Gasteiger partial charge in [0.25, 0.3) is 0 Å². The van der Waals surface area contributed by atoms with Crippen LogP contribution in [-0.4, -0.2) is 24.2 Å². The summed E-state index contributed by atoms with van der Waals surface area (Å²) in [6, 6.07) is 4.50. The van der Waals surface area contributed by atoms with Gasteiger partial charge in [-0.25, -0.2) is 4.98 Å². The van der Waals surface area contributed by atoms with Crippen LogP contribution < -0.4 is 4.90 Å². The largest absolute Gasteiger partial charge is 0.417 e. The second-order valence-electron chi connectivity index (χ2n) is 5.30. The summed E-state index contributed by atoms with van der Waals surface area (Å²) in [6.45, 7) is 3.15. The van der Waals surface area contributed by atoms with Gasteiger partial charge in [-0.1, -0.05) is 0 Å². The molecule has 0 saturated carbocycles. The van der Waals surface area contributed by atoms with Crippen molar-refractivity contribution >= 4 is 17.2 Å². The first-order chi connectivity index (χ1) is 10.4. The summed E-state index contributed by atoms with van der Waals surface area (Å²) in [4.78, 5) is 5.94. The van der Waals surface area contributed by atoms with E-state index in [-0.39, 0.29) is 12.2 Å². The molecule has 0 N–H and O–H groups in total. The van der Waals surface area contributed by atoms with Gasteiger partial charge in [0.05, 0.1) is 11.7 Å². The summed E-state index contributed by atoms with van der Waals surface area (Å²) >= 11 is 1.60. The maximum atomic E-state index is 12.6. The smallest absolute Gasteiger partial charge is 0.367 e. The molecule has 1 aliphatic heterocycles. The van der Waals surface area contributed by atoms with Gasteiger partial charge in [-0.15, -0.1) is 0 Å². The fourth-order valence-corrected chi connectivity index (χ4v) is 3.22. The van der Waals surface area contributed by atoms with Crippen LogP contribution in [0.15, 0.2) is 35.2 Å². The van der Waals surface area contributed by atoms with Crippen LogP contribution in [0.25, 0.3) is 0 Å². The number of thiophene rings is 1. The first kappa shape index (κ1) is 15.3. The summed E-state index contributed by atoms with van der Waals surface area (Å²) in [5.74, 6) is 0.545. The summed E-state index contributed by atoms with van der Waals surface area (Å²) in [5.41, 5.74) is 0.361. The lowest BCUT2D eigenvalue weighted by molar-refractivity contribution is -0.137. The third-order valence-corrected chi connectivity index (χ3v) is 4.28. The Kier molecular flexibility index (Phi) is 4.10. The van der Waals surface area contributed by atoms with Crippen LogP contribution in [0.4, 0.5) is 19.0 Å². The van der Waals surface area contributed by atoms with E-state index in [9.17, 15) is 13.2 Å². The van der Waals surface area contributed by atoms with Gasteiger partial charge in [0.1, 0.15) is 11.9 Å². The third kappa shape index (κ3) is 3.25. The lowest BCUT2D eigenvalue weighted by Crippen LogP contribution is -2.43. The average molecular weight is 328 g/mol. The maximum Gasteiger partial charge on any atom is 0.417 e. The summed E-state index contributed by atoms with van der Waals surface area (Å²) in [7, 11) is 0. The quantitative estimate of drug-likeness (QED) is 0.829. The van der Waals surface area contributed by atoms with Gasteiger partial charge >= 0.3 is 6.18 Å². The molecular formula is C15H15F3N2OS. The number of alkyl halides is 3. The van der Waals surface area contributed by atoms with Crippen molar-refractivity contribution in [3.63, 3.8) is 0 Å². The van der Waals surface area contributed by atoms with Crippen LogP contribution in [0.5, 0.6) is 0 Å². The van der Waals surface area contributed by atoms with Crippen molar-refractivity contribution < 1.29 is 17.9 Å². The monoisotopic (exact) mass is 328 g/mol. The SMILES string of the molecule is CC1CN(c2ccc(C(F)(F)F)cn2)CC(c2ccsc2)O1. The van der Waals surface area contributed by atoms with E-state index in [1.807, 2.05) is 28.7 Å². The highest BCUT2D eigenvalue weighted by atomic mass is 32.1. The minimum absolute atomic E-state index is 0.0113. The van der Waals surface area contributed by atoms with Gasteiger partial charge < -0.3 is 9.64 Å². The lowest BCUT2D eigenvalue weighted by Gasteiger charge is -2.37. The van der Waals surface area contributed by atoms with Gasteiger partial charge in [-0.3, -0.25) is 0 Å². The van der Waals surface area contributed by atoms with E-state index in [4.69, 9.17) is 4.74 Å². The standard InChI is InChI=1S/C15H15F3N2OS/c1-10-7-20(8-13(21-10)11-4-5-22-9-11)14-3-2-12(6-19-14)15(16,17)18/h2-6,9-10,13H,7-8H2,1H3. The minimum Gasteiger partial charge on any atom is -0.367 e. The van der Waals surface area contributed by atoms with E-state index >= 15 is 0 Å². The topological polar surface area (TPSA) is 25.4 Å². The minimum atomic E-state index is -4.36. The van der Waals surface area contributed by atoms with Gasteiger partial charge in [-0.2, -0.15) is 24.5 Å². The van der Waals surface area contributed by atoms with Crippen LogP contribution in [0.1, 0.15) is 24.2 Å². The molecule has 2 atom stereocenters. The van der Waals surface area contributed by atoms with Crippen LogP contribution in [-0.2, 0) is 10.9 Å². The predicted molar refractivity (Wildman–Crippen MR) is 79.1 cm³/mol. The number of ether oxygens (including phenoxy) is 1. The first-order valence-electron chi connectivity index (χ1n) is 6.89. The third-order valence-electron chi connectivity index (χ3n) is 3.57. The number of morpholine rings is 1. The summed E-state index contributed by atoms with van der Waals surface area (Å²) in [5, 5.41) is 4.01. The van der Waals surface area contributed by atoms with Crippen molar-refractivity contribution in [1.82, 2.24) is 4.98 Å². The molecule has 7 heteroatoms. The zero-order valence-electron chi connectivity index (χ0n) is 11.9. The number of nitrogens with zero attached hydrogens (tertiary/aromatic N) is 2. The Morgan fingerprint density at radius 3 is 2.68 bits per heavy atom. The molecule has 1 saturated heterocycles. The van der Waals surface area contributed by atoms with Crippen molar-refractivity contribution in [3.05, 3.63) is 46.3 Å². The Hall–Kier alpha value is -1.60. The van der Waals surface area contributed by atoms with Crippen molar-refractivity contribution in [2.75, 3.05) is 18.0 Å². The molecule has 1 fully saturated rings. The number of aromatic nitrogens is 1. The number of hydrogen-bond acceptors (Lipinski definition) is 4. The zero-order chi connectivity index (χ0) is 15.7. The van der Waals surface area contributed by atoms with E-state index in [2.05, 4.69) is 4.98 Å². The Labute approximate surface area is 130 Å². The maximum absolute atomic E-state index is 12.6. The van der Waals surface area contributed by atoms with E-state index in [0.29, 0.717) is 18.9 Å². The number of hydrogen-bond donors (Lipinski definition) is 0. The summed E-state index contributed by atoms with van der Waals surface area (Å²) in [6.07, 6.45) is -3.57. The summed E-state index contributed by atoms with van der Waals surface area (Å²) < 4.78 is 43.7. The fraction of sp³-hybridized carbons (Fsp3) is 0.400. The molecule has 118 valence electrons. The molecule has 0 amide bonds. The van der Waals surface area contributed by atoms with Crippen LogP contribution in [0, 0.1) is 0 Å². The lowest BCUT2D eigenvalue weighted by atomic mass is 10.1. The molecule has 2 unspecified atom stereocenters. The number of anilines is 1. The molecule has 3 rings (SSSR count). The highest BCUT2D eigenvalue weighted by molar-refractivity contribution is 7.07. The Balaban J connectivity index is 1.79. The Bertz CT molecular complexity index is 613.